The Balaban J connectivity index is 1.80. The molecule has 0 saturated carbocycles. The van der Waals surface area contributed by atoms with Crippen molar-refractivity contribution in [2.75, 3.05) is 20.8 Å². The highest BCUT2D eigenvalue weighted by Gasteiger charge is 2.24. The molecule has 0 atom stereocenters. The van der Waals surface area contributed by atoms with E-state index in [0.717, 1.165) is 18.6 Å². The Bertz CT molecular complexity index is 900. The van der Waals surface area contributed by atoms with Crippen molar-refractivity contribution in [1.29, 1.82) is 0 Å². The van der Waals surface area contributed by atoms with Gasteiger partial charge < -0.3 is 18.9 Å². The lowest BCUT2D eigenvalue weighted by molar-refractivity contribution is -0.129. The van der Waals surface area contributed by atoms with Crippen molar-refractivity contribution >= 4 is 17.9 Å². The maximum absolute atomic E-state index is 12.2. The third-order valence-electron chi connectivity index (χ3n) is 4.22. The molecule has 0 fully saturated rings. The fourth-order valence-corrected chi connectivity index (χ4v) is 2.65. The van der Waals surface area contributed by atoms with Gasteiger partial charge >= 0.3 is 5.97 Å². The van der Waals surface area contributed by atoms with E-state index in [0.29, 0.717) is 29.2 Å². The molecule has 28 heavy (non-hydrogen) atoms. The Labute approximate surface area is 164 Å². The molecule has 0 aliphatic carbocycles. The third kappa shape index (κ3) is 4.52. The maximum atomic E-state index is 12.2. The Kier molecular flexibility index (Phi) is 6.32. The molecule has 1 aliphatic heterocycles. The highest BCUT2D eigenvalue weighted by atomic mass is 16.6. The van der Waals surface area contributed by atoms with Crippen molar-refractivity contribution in [3.8, 4) is 17.2 Å². The summed E-state index contributed by atoms with van der Waals surface area (Å²) >= 11 is 0. The van der Waals surface area contributed by atoms with Crippen molar-refractivity contribution in [3.05, 3.63) is 59.3 Å². The second kappa shape index (κ2) is 9.08. The number of methoxy groups -OCH3 is 2. The van der Waals surface area contributed by atoms with E-state index >= 15 is 0 Å². The van der Waals surface area contributed by atoms with Crippen LogP contribution in [0.4, 0.5) is 0 Å². The number of hydrogen-bond donors (Lipinski definition) is 0. The largest absolute Gasteiger partial charge is 0.497 e. The minimum atomic E-state index is -0.504. The van der Waals surface area contributed by atoms with Crippen LogP contribution in [0.15, 0.2) is 53.2 Å². The second-order valence-electron chi connectivity index (χ2n) is 6.17. The molecule has 0 saturated heterocycles. The summed E-state index contributed by atoms with van der Waals surface area (Å²) in [7, 11) is 3.14. The molecule has 0 radical (unpaired) electrons. The van der Waals surface area contributed by atoms with E-state index in [1.807, 2.05) is 24.3 Å². The smallest absolute Gasteiger partial charge is 0.363 e. The van der Waals surface area contributed by atoms with Gasteiger partial charge in [0.1, 0.15) is 17.2 Å². The van der Waals surface area contributed by atoms with Crippen LogP contribution >= 0.6 is 0 Å². The van der Waals surface area contributed by atoms with Crippen LogP contribution in [0.1, 0.15) is 30.9 Å². The molecule has 1 aliphatic rings. The zero-order valence-electron chi connectivity index (χ0n) is 16.2. The molecular formula is C22H23NO5. The van der Waals surface area contributed by atoms with E-state index in [2.05, 4.69) is 11.9 Å². The lowest BCUT2D eigenvalue weighted by Crippen LogP contribution is -2.05. The molecule has 6 heteroatoms. The van der Waals surface area contributed by atoms with E-state index in [9.17, 15) is 4.79 Å². The third-order valence-corrected chi connectivity index (χ3v) is 4.22. The average molecular weight is 381 g/mol. The highest BCUT2D eigenvalue weighted by molar-refractivity contribution is 6.13. The topological polar surface area (TPSA) is 66.3 Å². The van der Waals surface area contributed by atoms with Crippen LogP contribution in [0.3, 0.4) is 0 Å². The first-order valence-electron chi connectivity index (χ1n) is 9.12. The summed E-state index contributed by atoms with van der Waals surface area (Å²) in [6, 6.07) is 12.7. The fourth-order valence-electron chi connectivity index (χ4n) is 2.65. The van der Waals surface area contributed by atoms with Gasteiger partial charge in [-0.15, -0.1) is 0 Å². The maximum Gasteiger partial charge on any atom is 0.363 e. The molecule has 0 N–H and O–H groups in total. The van der Waals surface area contributed by atoms with Gasteiger partial charge in [-0.2, -0.15) is 0 Å². The van der Waals surface area contributed by atoms with E-state index in [4.69, 9.17) is 18.9 Å². The first-order chi connectivity index (χ1) is 13.6. The minimum Gasteiger partial charge on any atom is -0.497 e. The van der Waals surface area contributed by atoms with Crippen LogP contribution in [0.25, 0.3) is 6.08 Å². The van der Waals surface area contributed by atoms with Crippen LogP contribution < -0.4 is 14.2 Å². The number of ether oxygens (including phenoxy) is 4. The molecule has 3 rings (SSSR count). The van der Waals surface area contributed by atoms with Gasteiger partial charge in [-0.3, -0.25) is 0 Å². The number of unbranched alkanes of at least 4 members (excludes halogenated alkanes) is 1. The summed E-state index contributed by atoms with van der Waals surface area (Å²) in [5.41, 5.74) is 1.63. The van der Waals surface area contributed by atoms with Crippen molar-refractivity contribution < 1.29 is 23.7 Å². The Morgan fingerprint density at radius 3 is 2.46 bits per heavy atom. The molecule has 0 spiro atoms. The molecule has 0 bridgehead atoms. The summed E-state index contributed by atoms with van der Waals surface area (Å²) < 4.78 is 21.5. The summed E-state index contributed by atoms with van der Waals surface area (Å²) in [5.74, 6) is 1.79. The van der Waals surface area contributed by atoms with Gasteiger partial charge in [0, 0.05) is 17.2 Å². The van der Waals surface area contributed by atoms with Crippen molar-refractivity contribution in [2.45, 2.75) is 19.8 Å². The Morgan fingerprint density at radius 2 is 1.79 bits per heavy atom. The van der Waals surface area contributed by atoms with Crippen molar-refractivity contribution in [2.24, 2.45) is 4.99 Å². The Hall–Kier alpha value is -3.28. The lowest BCUT2D eigenvalue weighted by Gasteiger charge is -2.07. The van der Waals surface area contributed by atoms with E-state index in [1.54, 1.807) is 38.5 Å². The average Bonchev–Trinajstić information content (AvgIpc) is 3.09. The quantitative estimate of drug-likeness (QED) is 0.389. The summed E-state index contributed by atoms with van der Waals surface area (Å²) in [5, 5.41) is 0. The SMILES string of the molecule is CCCCOc1ccc(C2=NC(=Cc3ccc(OC)cc3OC)C(=O)O2)cc1. The molecule has 2 aromatic carbocycles. The van der Waals surface area contributed by atoms with Gasteiger partial charge in [-0.25, -0.2) is 9.79 Å². The van der Waals surface area contributed by atoms with Crippen LogP contribution in [-0.4, -0.2) is 32.7 Å². The predicted molar refractivity (Wildman–Crippen MR) is 107 cm³/mol. The molecule has 0 amide bonds. The van der Waals surface area contributed by atoms with Gasteiger partial charge in [0.15, 0.2) is 5.70 Å². The number of carbonyl (C=O) groups is 1. The summed E-state index contributed by atoms with van der Waals surface area (Å²) in [4.78, 5) is 16.6. The lowest BCUT2D eigenvalue weighted by atomic mass is 10.1. The number of cyclic esters (lactones) is 1. The molecule has 1 heterocycles. The fraction of sp³-hybridized carbons (Fsp3) is 0.273. The predicted octanol–water partition coefficient (Wildman–Crippen LogP) is 4.23. The number of nitrogens with zero attached hydrogens (tertiary/aromatic N) is 1. The van der Waals surface area contributed by atoms with Crippen LogP contribution in [0.2, 0.25) is 0 Å². The number of benzene rings is 2. The molecule has 2 aromatic rings. The van der Waals surface area contributed by atoms with Gasteiger partial charge in [-0.05, 0) is 48.9 Å². The van der Waals surface area contributed by atoms with E-state index in [1.165, 1.54) is 0 Å². The number of carbonyl (C=O) groups excluding carboxylic acids is 1. The van der Waals surface area contributed by atoms with Crippen LogP contribution in [0, 0.1) is 0 Å². The number of hydrogen-bond acceptors (Lipinski definition) is 6. The molecule has 6 nitrogen and oxygen atoms in total. The minimum absolute atomic E-state index is 0.210. The number of esters is 1. The zero-order valence-corrected chi connectivity index (χ0v) is 16.2. The standard InChI is InChI=1S/C22H23NO5/c1-4-5-12-27-17-9-6-15(7-10-17)21-23-19(22(24)28-21)13-16-8-11-18(25-2)14-20(16)26-3/h6-11,13-14H,4-5,12H2,1-3H3. The first kappa shape index (κ1) is 19.5. The van der Waals surface area contributed by atoms with E-state index in [-0.39, 0.29) is 11.6 Å². The van der Waals surface area contributed by atoms with E-state index < -0.39 is 5.97 Å². The van der Waals surface area contributed by atoms with Gasteiger partial charge in [0.05, 0.1) is 20.8 Å². The summed E-state index contributed by atoms with van der Waals surface area (Å²) in [6.45, 7) is 2.80. The van der Waals surface area contributed by atoms with Crippen molar-refractivity contribution in [1.82, 2.24) is 0 Å². The van der Waals surface area contributed by atoms with Crippen molar-refractivity contribution in [3.63, 3.8) is 0 Å². The van der Waals surface area contributed by atoms with Crippen LogP contribution in [0.5, 0.6) is 17.2 Å². The van der Waals surface area contributed by atoms with Gasteiger partial charge in [0.2, 0.25) is 5.90 Å². The first-order valence-corrected chi connectivity index (χ1v) is 9.12. The second-order valence-corrected chi connectivity index (χ2v) is 6.17. The molecule has 146 valence electrons. The van der Waals surface area contributed by atoms with Gasteiger partial charge in [-0.1, -0.05) is 13.3 Å². The normalized spacial score (nSPS) is 14.6. The summed E-state index contributed by atoms with van der Waals surface area (Å²) in [6.07, 6.45) is 3.73. The molecule has 0 unspecified atom stereocenters. The molecule has 0 aromatic heterocycles. The number of aliphatic imine (C=N–C) groups is 1. The van der Waals surface area contributed by atoms with Gasteiger partial charge in [0.25, 0.3) is 0 Å². The monoisotopic (exact) mass is 381 g/mol. The Morgan fingerprint density at radius 1 is 1.04 bits per heavy atom. The molecular weight excluding hydrogens is 358 g/mol. The van der Waals surface area contributed by atoms with Crippen LogP contribution in [-0.2, 0) is 9.53 Å². The number of rotatable bonds is 8. The highest BCUT2D eigenvalue weighted by Crippen LogP contribution is 2.28. The zero-order chi connectivity index (χ0) is 19.9.